The van der Waals surface area contributed by atoms with Crippen molar-refractivity contribution in [3.8, 4) is 0 Å². The highest BCUT2D eigenvalue weighted by Crippen LogP contribution is 2.45. The third-order valence-electron chi connectivity index (χ3n) is 5.43. The number of rotatable bonds is 1. The van der Waals surface area contributed by atoms with Gasteiger partial charge in [-0.05, 0) is 24.2 Å². The van der Waals surface area contributed by atoms with Crippen molar-refractivity contribution in [3.63, 3.8) is 0 Å². The minimum absolute atomic E-state index is 0.0190. The van der Waals surface area contributed by atoms with Crippen LogP contribution >= 0.6 is 0 Å². The lowest BCUT2D eigenvalue weighted by Gasteiger charge is -2.47. The average molecular weight is 281 g/mol. The first-order chi connectivity index (χ1) is 9.34. The third kappa shape index (κ3) is 2.82. The molecule has 0 aromatic rings. The number of carbonyl (C=O) groups is 2. The molecule has 1 heterocycles. The minimum Gasteiger partial charge on any atom is -0.354 e. The Morgan fingerprint density at radius 1 is 1.35 bits per heavy atom. The monoisotopic (exact) mass is 281 g/mol. The molecule has 114 valence electrons. The minimum atomic E-state index is -0.0848. The molecule has 0 aromatic heterocycles. The van der Waals surface area contributed by atoms with Gasteiger partial charge < -0.3 is 16.0 Å². The second-order valence-corrected chi connectivity index (χ2v) is 6.83. The molecular formula is C15H27N3O2. The summed E-state index contributed by atoms with van der Waals surface area (Å²) >= 11 is 0. The van der Waals surface area contributed by atoms with Gasteiger partial charge in [0, 0.05) is 38.0 Å². The molecule has 1 saturated carbocycles. The van der Waals surface area contributed by atoms with Gasteiger partial charge in [0.15, 0.2) is 0 Å². The summed E-state index contributed by atoms with van der Waals surface area (Å²) in [6, 6.07) is 0.182. The van der Waals surface area contributed by atoms with E-state index in [0.29, 0.717) is 32.0 Å². The van der Waals surface area contributed by atoms with Gasteiger partial charge in [0.1, 0.15) is 0 Å². The van der Waals surface area contributed by atoms with E-state index in [2.05, 4.69) is 26.1 Å². The summed E-state index contributed by atoms with van der Waals surface area (Å²) in [5.41, 5.74) is 6.07. The fourth-order valence-corrected chi connectivity index (χ4v) is 3.50. The van der Waals surface area contributed by atoms with E-state index in [1.54, 1.807) is 0 Å². The van der Waals surface area contributed by atoms with Crippen molar-refractivity contribution < 1.29 is 9.59 Å². The summed E-state index contributed by atoms with van der Waals surface area (Å²) in [6.07, 6.45) is 2.18. The van der Waals surface area contributed by atoms with Crippen molar-refractivity contribution in [2.45, 2.75) is 46.1 Å². The van der Waals surface area contributed by atoms with Gasteiger partial charge in [-0.3, -0.25) is 9.59 Å². The lowest BCUT2D eigenvalue weighted by atomic mass is 9.60. The molecule has 1 saturated heterocycles. The van der Waals surface area contributed by atoms with Crippen LogP contribution in [0.2, 0.25) is 0 Å². The molecule has 3 atom stereocenters. The number of nitrogens with zero attached hydrogens (tertiary/aromatic N) is 1. The highest BCUT2D eigenvalue weighted by atomic mass is 16.2. The van der Waals surface area contributed by atoms with E-state index in [1.807, 2.05) is 4.90 Å². The first-order valence-corrected chi connectivity index (χ1v) is 7.65. The van der Waals surface area contributed by atoms with E-state index in [9.17, 15) is 9.59 Å². The van der Waals surface area contributed by atoms with E-state index < -0.39 is 0 Å². The van der Waals surface area contributed by atoms with Crippen LogP contribution in [0.25, 0.3) is 0 Å². The average Bonchev–Trinajstić information content (AvgIpc) is 2.60. The lowest BCUT2D eigenvalue weighted by Crippen LogP contribution is -2.52. The predicted molar refractivity (Wildman–Crippen MR) is 77.9 cm³/mol. The number of carbonyl (C=O) groups excluding carboxylic acids is 2. The predicted octanol–water partition coefficient (Wildman–Crippen LogP) is 0.734. The van der Waals surface area contributed by atoms with Gasteiger partial charge in [0.05, 0.1) is 0 Å². The summed E-state index contributed by atoms with van der Waals surface area (Å²) in [7, 11) is 0. The molecule has 3 unspecified atom stereocenters. The Kier molecular flexibility index (Phi) is 4.37. The summed E-state index contributed by atoms with van der Waals surface area (Å²) in [5, 5.41) is 2.82. The summed E-state index contributed by atoms with van der Waals surface area (Å²) in [4.78, 5) is 26.1. The second kappa shape index (κ2) is 5.72. The zero-order valence-electron chi connectivity index (χ0n) is 12.8. The summed E-state index contributed by atoms with van der Waals surface area (Å²) in [5.74, 6) is 0.589. The van der Waals surface area contributed by atoms with E-state index in [1.165, 1.54) is 0 Å². The van der Waals surface area contributed by atoms with Crippen molar-refractivity contribution in [2.24, 2.45) is 23.0 Å². The smallest absolute Gasteiger partial charge is 0.226 e. The van der Waals surface area contributed by atoms with Crippen LogP contribution in [0.5, 0.6) is 0 Å². The first kappa shape index (κ1) is 15.3. The lowest BCUT2D eigenvalue weighted by molar-refractivity contribution is -0.143. The van der Waals surface area contributed by atoms with Crippen LogP contribution in [-0.2, 0) is 9.59 Å². The van der Waals surface area contributed by atoms with Gasteiger partial charge in [-0.2, -0.15) is 0 Å². The van der Waals surface area contributed by atoms with Crippen molar-refractivity contribution in [1.82, 2.24) is 10.2 Å². The summed E-state index contributed by atoms with van der Waals surface area (Å²) < 4.78 is 0. The van der Waals surface area contributed by atoms with Gasteiger partial charge in [-0.15, -0.1) is 0 Å². The molecule has 3 N–H and O–H groups in total. The van der Waals surface area contributed by atoms with E-state index in [-0.39, 0.29) is 29.2 Å². The van der Waals surface area contributed by atoms with Crippen LogP contribution in [0.4, 0.5) is 0 Å². The Balaban J connectivity index is 2.09. The maximum absolute atomic E-state index is 12.8. The van der Waals surface area contributed by atoms with Crippen molar-refractivity contribution in [3.05, 3.63) is 0 Å². The molecule has 2 amide bonds. The molecule has 2 aliphatic rings. The Morgan fingerprint density at radius 3 is 2.75 bits per heavy atom. The Hall–Kier alpha value is -1.10. The zero-order chi connectivity index (χ0) is 14.9. The molecule has 20 heavy (non-hydrogen) atoms. The molecule has 0 bridgehead atoms. The molecule has 2 fully saturated rings. The SMILES string of the molecule is CC1C(N)CCC(C(=O)N2CCNC(=O)CC2)C1(C)C. The highest BCUT2D eigenvalue weighted by Gasteiger charge is 2.46. The topological polar surface area (TPSA) is 75.4 Å². The number of nitrogens with one attached hydrogen (secondary N) is 1. The molecule has 0 radical (unpaired) electrons. The maximum Gasteiger partial charge on any atom is 0.226 e. The van der Waals surface area contributed by atoms with Gasteiger partial charge in [-0.1, -0.05) is 20.8 Å². The second-order valence-electron chi connectivity index (χ2n) is 6.83. The quantitative estimate of drug-likeness (QED) is 0.744. The van der Waals surface area contributed by atoms with Crippen molar-refractivity contribution in [1.29, 1.82) is 0 Å². The molecule has 1 aliphatic carbocycles. The summed E-state index contributed by atoms with van der Waals surface area (Å²) in [6.45, 7) is 8.18. The van der Waals surface area contributed by atoms with Crippen molar-refractivity contribution >= 4 is 11.8 Å². The van der Waals surface area contributed by atoms with Crippen LogP contribution in [0.3, 0.4) is 0 Å². The van der Waals surface area contributed by atoms with E-state index >= 15 is 0 Å². The molecule has 5 nitrogen and oxygen atoms in total. The van der Waals surface area contributed by atoms with Gasteiger partial charge >= 0.3 is 0 Å². The Labute approximate surface area is 121 Å². The van der Waals surface area contributed by atoms with E-state index in [4.69, 9.17) is 5.73 Å². The Morgan fingerprint density at radius 2 is 2.05 bits per heavy atom. The number of hydrogen-bond acceptors (Lipinski definition) is 3. The third-order valence-corrected chi connectivity index (χ3v) is 5.43. The zero-order valence-corrected chi connectivity index (χ0v) is 12.8. The van der Waals surface area contributed by atoms with Crippen LogP contribution < -0.4 is 11.1 Å². The standard InChI is InChI=1S/C15H27N3O2/c1-10-12(16)5-4-11(15(10,2)3)14(20)18-8-6-13(19)17-7-9-18/h10-12H,4-9,16H2,1-3H3,(H,17,19). The van der Waals surface area contributed by atoms with Gasteiger partial charge in [0.2, 0.25) is 11.8 Å². The van der Waals surface area contributed by atoms with E-state index in [0.717, 1.165) is 12.8 Å². The first-order valence-electron chi connectivity index (χ1n) is 7.65. The molecule has 2 rings (SSSR count). The fourth-order valence-electron chi connectivity index (χ4n) is 3.50. The van der Waals surface area contributed by atoms with Crippen LogP contribution in [0, 0.1) is 17.3 Å². The van der Waals surface area contributed by atoms with Crippen LogP contribution in [0.1, 0.15) is 40.0 Å². The van der Waals surface area contributed by atoms with Gasteiger partial charge in [-0.25, -0.2) is 0 Å². The maximum atomic E-state index is 12.8. The number of amides is 2. The number of nitrogens with two attached hydrogens (primary N) is 1. The largest absolute Gasteiger partial charge is 0.354 e. The fraction of sp³-hybridized carbons (Fsp3) is 0.867. The normalized spacial score (nSPS) is 34.3. The number of hydrogen-bond donors (Lipinski definition) is 2. The van der Waals surface area contributed by atoms with Crippen LogP contribution in [0.15, 0.2) is 0 Å². The molecular weight excluding hydrogens is 254 g/mol. The molecule has 5 heteroatoms. The Bertz CT molecular complexity index is 395. The molecule has 0 aromatic carbocycles. The van der Waals surface area contributed by atoms with Crippen LogP contribution in [-0.4, -0.2) is 42.4 Å². The molecule has 1 aliphatic heterocycles. The van der Waals surface area contributed by atoms with Crippen molar-refractivity contribution in [2.75, 3.05) is 19.6 Å². The van der Waals surface area contributed by atoms with Gasteiger partial charge in [0.25, 0.3) is 0 Å². The molecule has 0 spiro atoms. The highest BCUT2D eigenvalue weighted by molar-refractivity contribution is 5.82.